The Morgan fingerprint density at radius 1 is 1.44 bits per heavy atom. The van der Waals surface area contributed by atoms with Crippen molar-refractivity contribution in [1.82, 2.24) is 9.78 Å². The van der Waals surface area contributed by atoms with Gasteiger partial charge in [0.2, 0.25) is 0 Å². The van der Waals surface area contributed by atoms with Crippen molar-refractivity contribution in [3.63, 3.8) is 0 Å². The summed E-state index contributed by atoms with van der Waals surface area (Å²) < 4.78 is 2.82. The lowest BCUT2D eigenvalue weighted by atomic mass is 10.0. The van der Waals surface area contributed by atoms with Crippen LogP contribution in [0.1, 0.15) is 29.8 Å². The number of nitrogens with zero attached hydrogens (tertiary/aromatic N) is 2. The van der Waals surface area contributed by atoms with Crippen LogP contribution >= 0.6 is 27.5 Å². The van der Waals surface area contributed by atoms with Crippen LogP contribution in [0.25, 0.3) is 0 Å². The fraction of sp³-hybridized carbons (Fsp3) is 0.308. The zero-order valence-electron chi connectivity index (χ0n) is 10.3. The Balaban J connectivity index is 2.47. The third-order valence-electron chi connectivity index (χ3n) is 2.85. The Hall–Kier alpha value is -0.840. The maximum atomic E-state index is 6.33. The monoisotopic (exact) mass is 327 g/mol. The summed E-state index contributed by atoms with van der Waals surface area (Å²) in [7, 11) is 0. The smallest absolute Gasteiger partial charge is 0.0738 e. The van der Waals surface area contributed by atoms with E-state index in [-0.39, 0.29) is 6.04 Å². The molecule has 1 unspecified atom stereocenters. The van der Waals surface area contributed by atoms with Gasteiger partial charge in [-0.3, -0.25) is 4.68 Å². The van der Waals surface area contributed by atoms with E-state index in [1.54, 1.807) is 6.20 Å². The molecular formula is C13H15BrClN3. The Bertz CT molecular complexity index is 545. The quantitative estimate of drug-likeness (QED) is 0.934. The minimum absolute atomic E-state index is 0.237. The van der Waals surface area contributed by atoms with Gasteiger partial charge in [0.15, 0.2) is 0 Å². The van der Waals surface area contributed by atoms with E-state index in [1.807, 2.05) is 30.7 Å². The fourth-order valence-corrected chi connectivity index (χ4v) is 2.88. The standard InChI is InChI=1S/C13H15BrClN3/c1-3-18-13(11(14)7-17-18)12(16)9-4-8(2)5-10(15)6-9/h4-7,12H,3,16H2,1-2H3. The number of aryl methyl sites for hydroxylation is 2. The summed E-state index contributed by atoms with van der Waals surface area (Å²) in [6, 6.07) is 5.64. The van der Waals surface area contributed by atoms with Gasteiger partial charge in [-0.15, -0.1) is 0 Å². The van der Waals surface area contributed by atoms with Gasteiger partial charge >= 0.3 is 0 Å². The van der Waals surface area contributed by atoms with Crippen molar-refractivity contribution in [2.75, 3.05) is 0 Å². The second-order valence-corrected chi connectivity index (χ2v) is 5.52. The van der Waals surface area contributed by atoms with Gasteiger partial charge in [0.25, 0.3) is 0 Å². The molecular weight excluding hydrogens is 314 g/mol. The molecule has 2 N–H and O–H groups in total. The summed E-state index contributed by atoms with van der Waals surface area (Å²) in [6.07, 6.45) is 1.77. The summed E-state index contributed by atoms with van der Waals surface area (Å²) in [5.41, 5.74) is 9.40. The summed E-state index contributed by atoms with van der Waals surface area (Å²) >= 11 is 9.58. The Morgan fingerprint density at radius 2 is 2.17 bits per heavy atom. The summed E-state index contributed by atoms with van der Waals surface area (Å²) in [6.45, 7) is 4.83. The number of benzene rings is 1. The van der Waals surface area contributed by atoms with E-state index in [2.05, 4.69) is 27.1 Å². The Labute approximate surface area is 120 Å². The fourth-order valence-electron chi connectivity index (χ4n) is 2.04. The number of rotatable bonds is 3. The molecule has 96 valence electrons. The molecule has 1 heterocycles. The van der Waals surface area contributed by atoms with Gasteiger partial charge in [-0.05, 0) is 53.0 Å². The van der Waals surface area contributed by atoms with Crippen molar-refractivity contribution in [2.24, 2.45) is 5.73 Å². The second kappa shape index (κ2) is 5.43. The normalized spacial score (nSPS) is 12.7. The van der Waals surface area contributed by atoms with E-state index in [4.69, 9.17) is 17.3 Å². The summed E-state index contributed by atoms with van der Waals surface area (Å²) in [5.74, 6) is 0. The van der Waals surface area contributed by atoms with Crippen LogP contribution in [0.5, 0.6) is 0 Å². The number of hydrogen-bond donors (Lipinski definition) is 1. The lowest BCUT2D eigenvalue weighted by Gasteiger charge is -2.15. The molecule has 0 saturated heterocycles. The third-order valence-corrected chi connectivity index (χ3v) is 3.68. The van der Waals surface area contributed by atoms with E-state index in [9.17, 15) is 0 Å². The Morgan fingerprint density at radius 3 is 2.78 bits per heavy atom. The minimum atomic E-state index is -0.237. The van der Waals surface area contributed by atoms with Crippen LogP contribution in [0, 0.1) is 6.92 Å². The highest BCUT2D eigenvalue weighted by molar-refractivity contribution is 9.10. The molecule has 0 aliphatic rings. The lowest BCUT2D eigenvalue weighted by molar-refractivity contribution is 0.599. The molecule has 0 aliphatic carbocycles. The molecule has 0 fully saturated rings. The maximum absolute atomic E-state index is 6.33. The molecule has 0 aliphatic heterocycles. The van der Waals surface area contributed by atoms with Gasteiger partial charge in [-0.1, -0.05) is 17.7 Å². The van der Waals surface area contributed by atoms with Gasteiger partial charge in [-0.2, -0.15) is 5.10 Å². The van der Waals surface area contributed by atoms with Crippen LogP contribution < -0.4 is 5.73 Å². The number of hydrogen-bond acceptors (Lipinski definition) is 2. The van der Waals surface area contributed by atoms with Crippen LogP contribution in [0.2, 0.25) is 5.02 Å². The largest absolute Gasteiger partial charge is 0.319 e. The molecule has 3 nitrogen and oxygen atoms in total. The van der Waals surface area contributed by atoms with Crippen LogP contribution in [0.15, 0.2) is 28.9 Å². The van der Waals surface area contributed by atoms with Crippen molar-refractivity contribution in [3.8, 4) is 0 Å². The minimum Gasteiger partial charge on any atom is -0.319 e. The molecule has 18 heavy (non-hydrogen) atoms. The molecule has 0 saturated carbocycles. The topological polar surface area (TPSA) is 43.8 Å². The predicted molar refractivity (Wildman–Crippen MR) is 77.8 cm³/mol. The van der Waals surface area contributed by atoms with Gasteiger partial charge in [0.05, 0.1) is 22.4 Å². The Kier molecular flexibility index (Phi) is 4.10. The molecule has 2 rings (SSSR count). The van der Waals surface area contributed by atoms with Crippen molar-refractivity contribution in [2.45, 2.75) is 26.4 Å². The summed E-state index contributed by atoms with van der Waals surface area (Å²) in [5, 5.41) is 4.99. The molecule has 0 amide bonds. The van der Waals surface area contributed by atoms with Crippen LogP contribution in [0.4, 0.5) is 0 Å². The van der Waals surface area contributed by atoms with E-state index >= 15 is 0 Å². The van der Waals surface area contributed by atoms with Crippen molar-refractivity contribution < 1.29 is 0 Å². The van der Waals surface area contributed by atoms with E-state index in [1.165, 1.54) is 0 Å². The zero-order chi connectivity index (χ0) is 13.3. The SMILES string of the molecule is CCn1ncc(Br)c1C(N)c1cc(C)cc(Cl)c1. The first-order valence-corrected chi connectivity index (χ1v) is 6.94. The third kappa shape index (κ3) is 2.60. The van der Waals surface area contributed by atoms with Crippen LogP contribution in [0.3, 0.4) is 0 Å². The lowest BCUT2D eigenvalue weighted by Crippen LogP contribution is -2.17. The molecule has 1 aromatic carbocycles. The molecule has 0 spiro atoms. The highest BCUT2D eigenvalue weighted by Crippen LogP contribution is 2.28. The van der Waals surface area contributed by atoms with Crippen LogP contribution in [-0.2, 0) is 6.54 Å². The first-order chi connectivity index (χ1) is 8.52. The van der Waals surface area contributed by atoms with E-state index < -0.39 is 0 Å². The second-order valence-electron chi connectivity index (χ2n) is 4.23. The van der Waals surface area contributed by atoms with Gasteiger partial charge in [0, 0.05) is 11.6 Å². The predicted octanol–water partition coefficient (Wildman–Crippen LogP) is 3.68. The van der Waals surface area contributed by atoms with Gasteiger partial charge in [0.1, 0.15) is 0 Å². The zero-order valence-corrected chi connectivity index (χ0v) is 12.7. The van der Waals surface area contributed by atoms with Crippen molar-refractivity contribution in [1.29, 1.82) is 0 Å². The first kappa shape index (κ1) is 13.6. The molecule has 2 aromatic rings. The van der Waals surface area contributed by atoms with Gasteiger partial charge in [-0.25, -0.2) is 0 Å². The molecule has 1 aromatic heterocycles. The molecule has 1 atom stereocenters. The average molecular weight is 329 g/mol. The van der Waals surface area contributed by atoms with Crippen molar-refractivity contribution in [3.05, 3.63) is 50.7 Å². The summed E-state index contributed by atoms with van der Waals surface area (Å²) in [4.78, 5) is 0. The number of aromatic nitrogens is 2. The van der Waals surface area contributed by atoms with E-state index in [0.29, 0.717) is 5.02 Å². The van der Waals surface area contributed by atoms with Crippen molar-refractivity contribution >= 4 is 27.5 Å². The maximum Gasteiger partial charge on any atom is 0.0738 e. The molecule has 0 bridgehead atoms. The van der Waals surface area contributed by atoms with E-state index in [0.717, 1.165) is 27.8 Å². The highest BCUT2D eigenvalue weighted by Gasteiger charge is 2.18. The molecule has 0 radical (unpaired) electrons. The average Bonchev–Trinajstić information content (AvgIpc) is 2.68. The highest BCUT2D eigenvalue weighted by atomic mass is 79.9. The van der Waals surface area contributed by atoms with Crippen LogP contribution in [-0.4, -0.2) is 9.78 Å². The van der Waals surface area contributed by atoms with Gasteiger partial charge < -0.3 is 5.73 Å². The number of nitrogens with two attached hydrogens (primary N) is 1. The number of halogens is 2. The molecule has 5 heteroatoms. The first-order valence-electron chi connectivity index (χ1n) is 5.76.